The lowest BCUT2D eigenvalue weighted by atomic mass is 9.87. The highest BCUT2D eigenvalue weighted by molar-refractivity contribution is 5.87. The van der Waals surface area contributed by atoms with E-state index in [9.17, 15) is 14.4 Å². The van der Waals surface area contributed by atoms with Crippen molar-refractivity contribution in [1.29, 1.82) is 0 Å². The summed E-state index contributed by atoms with van der Waals surface area (Å²) in [6.45, 7) is 1.30. The quantitative estimate of drug-likeness (QED) is 0.762. The van der Waals surface area contributed by atoms with Crippen molar-refractivity contribution in [2.75, 3.05) is 13.6 Å². The molecule has 0 bridgehead atoms. The van der Waals surface area contributed by atoms with Gasteiger partial charge in [0.25, 0.3) is 0 Å². The van der Waals surface area contributed by atoms with Gasteiger partial charge in [-0.15, -0.1) is 0 Å². The first-order chi connectivity index (χ1) is 9.41. The number of nitrogens with one attached hydrogen (secondary N) is 1. The number of aliphatic carboxylic acids is 1. The van der Waals surface area contributed by atoms with E-state index < -0.39 is 17.9 Å². The highest BCUT2D eigenvalue weighted by atomic mass is 16.4. The van der Waals surface area contributed by atoms with E-state index >= 15 is 0 Å². The van der Waals surface area contributed by atoms with Gasteiger partial charge in [-0.2, -0.15) is 0 Å². The van der Waals surface area contributed by atoms with Crippen LogP contribution in [-0.4, -0.2) is 47.4 Å². The molecule has 1 aliphatic carbocycles. The minimum atomic E-state index is -1.06. The van der Waals surface area contributed by atoms with Crippen molar-refractivity contribution in [1.82, 2.24) is 10.2 Å². The Labute approximate surface area is 119 Å². The van der Waals surface area contributed by atoms with E-state index in [4.69, 9.17) is 5.11 Å². The van der Waals surface area contributed by atoms with Crippen LogP contribution < -0.4 is 5.32 Å². The van der Waals surface area contributed by atoms with E-state index in [1.54, 1.807) is 0 Å². The van der Waals surface area contributed by atoms with Gasteiger partial charge in [0.15, 0.2) is 0 Å². The molecule has 1 unspecified atom stereocenters. The second-order valence-electron chi connectivity index (χ2n) is 5.50. The number of rotatable bonds is 6. The Hall–Kier alpha value is -1.59. The Morgan fingerprint density at radius 2 is 1.85 bits per heavy atom. The molecule has 1 saturated carbocycles. The maximum Gasteiger partial charge on any atom is 0.326 e. The summed E-state index contributed by atoms with van der Waals surface area (Å²) in [5.74, 6) is -1.15. The predicted molar refractivity (Wildman–Crippen MR) is 74.1 cm³/mol. The third-order valence-electron chi connectivity index (χ3n) is 3.97. The van der Waals surface area contributed by atoms with Gasteiger partial charge in [0.1, 0.15) is 6.04 Å². The highest BCUT2D eigenvalue weighted by Crippen LogP contribution is 2.25. The number of carboxylic acid groups (broad SMARTS) is 1. The maximum atomic E-state index is 11.7. The van der Waals surface area contributed by atoms with Gasteiger partial charge in [0, 0.05) is 13.5 Å². The average Bonchev–Trinajstić information content (AvgIpc) is 2.44. The first-order valence-corrected chi connectivity index (χ1v) is 7.17. The van der Waals surface area contributed by atoms with E-state index in [2.05, 4.69) is 5.32 Å². The smallest absolute Gasteiger partial charge is 0.326 e. The van der Waals surface area contributed by atoms with E-state index in [1.165, 1.54) is 33.2 Å². The molecule has 1 aliphatic rings. The topological polar surface area (TPSA) is 86.7 Å². The first kappa shape index (κ1) is 16.5. The number of carboxylic acids is 1. The summed E-state index contributed by atoms with van der Waals surface area (Å²) in [7, 11) is 1.43. The molecule has 2 amide bonds. The highest BCUT2D eigenvalue weighted by Gasteiger charge is 2.22. The number of amides is 2. The monoisotopic (exact) mass is 284 g/mol. The average molecular weight is 284 g/mol. The molecule has 0 aliphatic heterocycles. The van der Waals surface area contributed by atoms with E-state index in [0.29, 0.717) is 12.3 Å². The second-order valence-corrected chi connectivity index (χ2v) is 5.50. The van der Waals surface area contributed by atoms with Gasteiger partial charge in [-0.1, -0.05) is 19.3 Å². The van der Waals surface area contributed by atoms with Crippen molar-refractivity contribution < 1.29 is 19.5 Å². The molecular weight excluding hydrogens is 260 g/mol. The molecule has 0 spiro atoms. The van der Waals surface area contributed by atoms with E-state index in [-0.39, 0.29) is 12.5 Å². The summed E-state index contributed by atoms with van der Waals surface area (Å²) in [5, 5.41) is 11.4. The normalized spacial score (nSPS) is 17.3. The third-order valence-corrected chi connectivity index (χ3v) is 3.97. The summed E-state index contributed by atoms with van der Waals surface area (Å²) >= 11 is 0. The van der Waals surface area contributed by atoms with Gasteiger partial charge >= 0.3 is 5.97 Å². The molecule has 1 rings (SSSR count). The van der Waals surface area contributed by atoms with Crippen molar-refractivity contribution in [3.8, 4) is 0 Å². The lowest BCUT2D eigenvalue weighted by Gasteiger charge is -2.23. The Bertz CT molecular complexity index is 364. The Morgan fingerprint density at radius 1 is 1.25 bits per heavy atom. The standard InChI is InChI=1S/C14H24N2O4/c1-10(14(19)20)16(2)13(18)9-15-12(17)8-11-6-4-3-5-7-11/h10-11H,3-9H2,1-2H3,(H,15,17)(H,19,20). The zero-order valence-electron chi connectivity index (χ0n) is 12.2. The van der Waals surface area contributed by atoms with Crippen molar-refractivity contribution in [3.63, 3.8) is 0 Å². The second kappa shape index (κ2) is 7.87. The van der Waals surface area contributed by atoms with Crippen LogP contribution in [0.2, 0.25) is 0 Å². The van der Waals surface area contributed by atoms with Crippen molar-refractivity contribution >= 4 is 17.8 Å². The fourth-order valence-corrected chi connectivity index (χ4v) is 2.41. The largest absolute Gasteiger partial charge is 0.480 e. The van der Waals surface area contributed by atoms with Crippen LogP contribution in [0.5, 0.6) is 0 Å². The fourth-order valence-electron chi connectivity index (χ4n) is 2.41. The minimum Gasteiger partial charge on any atom is -0.480 e. The van der Waals surface area contributed by atoms with Crippen LogP contribution in [-0.2, 0) is 14.4 Å². The van der Waals surface area contributed by atoms with Crippen LogP contribution in [0.25, 0.3) is 0 Å². The van der Waals surface area contributed by atoms with Crippen LogP contribution in [0.15, 0.2) is 0 Å². The SMILES string of the molecule is CC(C(=O)O)N(C)C(=O)CNC(=O)CC1CCCCC1. The number of likely N-dealkylation sites (N-methyl/N-ethyl adjacent to an activating group) is 1. The van der Waals surface area contributed by atoms with Gasteiger partial charge in [-0.25, -0.2) is 4.79 Å². The summed E-state index contributed by atoms with van der Waals surface area (Å²) in [4.78, 5) is 35.4. The zero-order valence-corrected chi connectivity index (χ0v) is 12.2. The third kappa shape index (κ3) is 5.19. The Balaban J connectivity index is 2.29. The van der Waals surface area contributed by atoms with Gasteiger partial charge in [-0.05, 0) is 25.7 Å². The molecule has 6 nitrogen and oxygen atoms in total. The lowest BCUT2D eigenvalue weighted by Crippen LogP contribution is -2.45. The summed E-state index contributed by atoms with van der Waals surface area (Å²) in [6, 6.07) is -0.891. The van der Waals surface area contributed by atoms with Gasteiger partial charge in [-0.3, -0.25) is 9.59 Å². The van der Waals surface area contributed by atoms with Crippen molar-refractivity contribution in [3.05, 3.63) is 0 Å². The molecule has 20 heavy (non-hydrogen) atoms. The summed E-state index contributed by atoms with van der Waals surface area (Å²) in [5.41, 5.74) is 0. The number of carbonyl (C=O) groups is 3. The van der Waals surface area contributed by atoms with Crippen LogP contribution in [0, 0.1) is 5.92 Å². The molecule has 0 aromatic carbocycles. The molecule has 114 valence electrons. The number of nitrogens with zero attached hydrogens (tertiary/aromatic N) is 1. The molecule has 0 aromatic heterocycles. The molecule has 0 radical (unpaired) electrons. The molecule has 2 N–H and O–H groups in total. The van der Waals surface area contributed by atoms with Crippen molar-refractivity contribution in [2.24, 2.45) is 5.92 Å². The Morgan fingerprint density at radius 3 is 2.40 bits per heavy atom. The lowest BCUT2D eigenvalue weighted by molar-refractivity contribution is -0.148. The zero-order chi connectivity index (χ0) is 15.1. The van der Waals surface area contributed by atoms with Crippen LogP contribution in [0.4, 0.5) is 0 Å². The molecule has 6 heteroatoms. The first-order valence-electron chi connectivity index (χ1n) is 7.17. The van der Waals surface area contributed by atoms with E-state index in [0.717, 1.165) is 17.7 Å². The molecule has 0 aromatic rings. The molecular formula is C14H24N2O4. The number of hydrogen-bond donors (Lipinski definition) is 2. The summed E-state index contributed by atoms with van der Waals surface area (Å²) in [6.07, 6.45) is 6.22. The van der Waals surface area contributed by atoms with Crippen LogP contribution in [0.3, 0.4) is 0 Å². The van der Waals surface area contributed by atoms with Gasteiger partial charge < -0.3 is 15.3 Å². The number of hydrogen-bond acceptors (Lipinski definition) is 3. The fraction of sp³-hybridized carbons (Fsp3) is 0.786. The van der Waals surface area contributed by atoms with Crippen LogP contribution in [0.1, 0.15) is 45.4 Å². The molecule has 1 fully saturated rings. The van der Waals surface area contributed by atoms with Gasteiger partial charge in [0.05, 0.1) is 6.54 Å². The minimum absolute atomic E-state index is 0.123. The van der Waals surface area contributed by atoms with Crippen molar-refractivity contribution in [2.45, 2.75) is 51.5 Å². The number of carbonyl (C=O) groups excluding carboxylic acids is 2. The maximum absolute atomic E-state index is 11.7. The van der Waals surface area contributed by atoms with Gasteiger partial charge in [0.2, 0.25) is 11.8 Å². The molecule has 0 saturated heterocycles. The van der Waals surface area contributed by atoms with E-state index in [1.807, 2.05) is 0 Å². The molecule has 0 heterocycles. The predicted octanol–water partition coefficient (Wildman–Crippen LogP) is 1.00. The van der Waals surface area contributed by atoms with Crippen LogP contribution >= 0.6 is 0 Å². The molecule has 1 atom stereocenters. The summed E-state index contributed by atoms with van der Waals surface area (Å²) < 4.78 is 0. The Kier molecular flexibility index (Phi) is 6.48.